The van der Waals surface area contributed by atoms with Crippen LogP contribution in [0.2, 0.25) is 0 Å². The van der Waals surface area contributed by atoms with E-state index in [0.29, 0.717) is 0 Å². The smallest absolute Gasteiger partial charge is 0.187 e. The number of hydrogen-bond donors (Lipinski definition) is 1. The van der Waals surface area contributed by atoms with Crippen molar-refractivity contribution in [3.63, 3.8) is 0 Å². The minimum absolute atomic E-state index is 0.0154. The normalized spacial score (nSPS) is 23.9. The van der Waals surface area contributed by atoms with Gasteiger partial charge in [-0.2, -0.15) is 0 Å². The molecule has 0 radical (unpaired) electrons. The number of nitrogens with zero attached hydrogens (tertiary/aromatic N) is 3. The van der Waals surface area contributed by atoms with Crippen LogP contribution in [0.15, 0.2) is 16.3 Å². The SMILES string of the molecule is CSc1ncc2c(n1)C=NC2(C)CO. The van der Waals surface area contributed by atoms with Crippen LogP contribution in [-0.4, -0.2) is 34.2 Å². The predicted molar refractivity (Wildman–Crippen MR) is 55.8 cm³/mol. The molecular formula is C9H11N3OS. The summed E-state index contributed by atoms with van der Waals surface area (Å²) >= 11 is 1.50. The Labute approximate surface area is 86.5 Å². The Balaban J connectivity index is 2.48. The average molecular weight is 209 g/mol. The van der Waals surface area contributed by atoms with E-state index in [0.717, 1.165) is 16.4 Å². The van der Waals surface area contributed by atoms with Gasteiger partial charge in [0.05, 0.1) is 12.3 Å². The van der Waals surface area contributed by atoms with Gasteiger partial charge in [0.25, 0.3) is 0 Å². The summed E-state index contributed by atoms with van der Waals surface area (Å²) in [4.78, 5) is 12.7. The Hall–Kier alpha value is -0.940. The predicted octanol–water partition coefficient (Wildman–Crippen LogP) is 0.838. The Kier molecular flexibility index (Phi) is 2.28. The summed E-state index contributed by atoms with van der Waals surface area (Å²) in [6.45, 7) is 1.86. The fourth-order valence-corrected chi connectivity index (χ4v) is 1.74. The fraction of sp³-hybridized carbons (Fsp3) is 0.444. The highest BCUT2D eigenvalue weighted by atomic mass is 32.2. The molecule has 0 spiro atoms. The highest BCUT2D eigenvalue weighted by Gasteiger charge is 2.32. The van der Waals surface area contributed by atoms with Gasteiger partial charge in [0.2, 0.25) is 0 Å². The first kappa shape index (κ1) is 9.61. The lowest BCUT2D eigenvalue weighted by atomic mass is 9.97. The topological polar surface area (TPSA) is 58.4 Å². The molecule has 74 valence electrons. The summed E-state index contributed by atoms with van der Waals surface area (Å²) in [5.74, 6) is 0. The standard InChI is InChI=1S/C9H11N3OS/c1-9(5-13)6-3-10-8(14-2)12-7(6)4-11-9/h3-4,13H,5H2,1-2H3. The molecule has 0 amide bonds. The van der Waals surface area contributed by atoms with Gasteiger partial charge in [-0.25, -0.2) is 9.97 Å². The maximum Gasteiger partial charge on any atom is 0.187 e. The minimum atomic E-state index is -0.549. The second kappa shape index (κ2) is 3.33. The fourth-order valence-electron chi connectivity index (χ4n) is 1.39. The summed E-state index contributed by atoms with van der Waals surface area (Å²) in [5, 5.41) is 9.96. The summed E-state index contributed by atoms with van der Waals surface area (Å²) in [6.07, 6.45) is 5.38. The van der Waals surface area contributed by atoms with E-state index < -0.39 is 5.54 Å². The Bertz CT molecular complexity index is 394. The van der Waals surface area contributed by atoms with Crippen LogP contribution in [0.5, 0.6) is 0 Å². The van der Waals surface area contributed by atoms with E-state index in [4.69, 9.17) is 0 Å². The lowest BCUT2D eigenvalue weighted by Crippen LogP contribution is -2.22. The molecule has 0 bridgehead atoms. The number of thioether (sulfide) groups is 1. The van der Waals surface area contributed by atoms with Gasteiger partial charge in [0, 0.05) is 18.0 Å². The lowest BCUT2D eigenvalue weighted by molar-refractivity contribution is 0.214. The van der Waals surface area contributed by atoms with Gasteiger partial charge < -0.3 is 5.11 Å². The van der Waals surface area contributed by atoms with Gasteiger partial charge in [0.1, 0.15) is 5.54 Å². The van der Waals surface area contributed by atoms with E-state index in [9.17, 15) is 5.11 Å². The van der Waals surface area contributed by atoms with Gasteiger partial charge in [-0.3, -0.25) is 4.99 Å². The van der Waals surface area contributed by atoms with E-state index in [1.807, 2.05) is 13.2 Å². The molecular weight excluding hydrogens is 198 g/mol. The summed E-state index contributed by atoms with van der Waals surface area (Å²) in [6, 6.07) is 0. The van der Waals surface area contributed by atoms with Crippen molar-refractivity contribution in [2.45, 2.75) is 17.6 Å². The summed E-state index contributed by atoms with van der Waals surface area (Å²) < 4.78 is 0. The van der Waals surface area contributed by atoms with Crippen LogP contribution in [0.3, 0.4) is 0 Å². The van der Waals surface area contributed by atoms with E-state index in [-0.39, 0.29) is 6.61 Å². The second-order valence-corrected chi connectivity index (χ2v) is 4.12. The molecule has 1 atom stereocenters. The molecule has 2 rings (SSSR count). The van der Waals surface area contributed by atoms with E-state index in [2.05, 4.69) is 15.0 Å². The van der Waals surface area contributed by atoms with Crippen molar-refractivity contribution >= 4 is 18.0 Å². The number of hydrogen-bond acceptors (Lipinski definition) is 5. The molecule has 14 heavy (non-hydrogen) atoms. The molecule has 1 aromatic heterocycles. The third kappa shape index (κ3) is 1.33. The molecule has 0 saturated carbocycles. The average Bonchev–Trinajstić information content (AvgIpc) is 2.57. The molecule has 1 aromatic rings. The van der Waals surface area contributed by atoms with Crippen LogP contribution in [0.4, 0.5) is 0 Å². The maximum atomic E-state index is 9.22. The second-order valence-electron chi connectivity index (χ2n) is 3.35. The van der Waals surface area contributed by atoms with Gasteiger partial charge in [-0.15, -0.1) is 0 Å². The maximum absolute atomic E-state index is 9.22. The first-order chi connectivity index (χ1) is 6.69. The number of aliphatic hydroxyl groups is 1. The highest BCUT2D eigenvalue weighted by molar-refractivity contribution is 7.98. The molecule has 1 unspecified atom stereocenters. The number of fused-ring (bicyclic) bond motifs is 1. The molecule has 1 aliphatic rings. The molecule has 5 heteroatoms. The molecule has 0 saturated heterocycles. The molecule has 2 heterocycles. The number of aliphatic hydroxyl groups excluding tert-OH is 1. The Morgan fingerprint density at radius 1 is 1.57 bits per heavy atom. The monoisotopic (exact) mass is 209 g/mol. The van der Waals surface area contributed by atoms with E-state index >= 15 is 0 Å². The van der Waals surface area contributed by atoms with Crippen LogP contribution < -0.4 is 0 Å². The quantitative estimate of drug-likeness (QED) is 0.579. The lowest BCUT2D eigenvalue weighted by Gasteiger charge is -2.18. The third-order valence-electron chi connectivity index (χ3n) is 2.34. The van der Waals surface area contributed by atoms with Crippen LogP contribution in [-0.2, 0) is 5.54 Å². The first-order valence-corrected chi connectivity index (χ1v) is 5.50. The third-order valence-corrected chi connectivity index (χ3v) is 2.90. The van der Waals surface area contributed by atoms with Crippen molar-refractivity contribution in [3.8, 4) is 0 Å². The van der Waals surface area contributed by atoms with Crippen molar-refractivity contribution in [3.05, 3.63) is 17.5 Å². The molecule has 4 nitrogen and oxygen atoms in total. The van der Waals surface area contributed by atoms with E-state index in [1.54, 1.807) is 12.4 Å². The Morgan fingerprint density at radius 2 is 2.36 bits per heavy atom. The summed E-state index contributed by atoms with van der Waals surface area (Å²) in [5.41, 5.74) is 1.17. The van der Waals surface area contributed by atoms with Gasteiger partial charge in [-0.1, -0.05) is 11.8 Å². The molecule has 0 aliphatic carbocycles. The largest absolute Gasteiger partial charge is 0.393 e. The van der Waals surface area contributed by atoms with Crippen molar-refractivity contribution < 1.29 is 5.11 Å². The number of aromatic nitrogens is 2. The number of aliphatic imine (C=N–C) groups is 1. The molecule has 1 N–H and O–H groups in total. The number of rotatable bonds is 2. The van der Waals surface area contributed by atoms with Gasteiger partial charge >= 0.3 is 0 Å². The van der Waals surface area contributed by atoms with Crippen LogP contribution in [0.1, 0.15) is 18.2 Å². The zero-order valence-corrected chi connectivity index (χ0v) is 8.88. The van der Waals surface area contributed by atoms with Crippen LogP contribution in [0.25, 0.3) is 0 Å². The molecule has 0 fully saturated rings. The van der Waals surface area contributed by atoms with Crippen molar-refractivity contribution in [1.82, 2.24) is 9.97 Å². The van der Waals surface area contributed by atoms with Gasteiger partial charge in [0.15, 0.2) is 5.16 Å². The van der Waals surface area contributed by atoms with Crippen LogP contribution >= 0.6 is 11.8 Å². The van der Waals surface area contributed by atoms with Gasteiger partial charge in [-0.05, 0) is 13.2 Å². The minimum Gasteiger partial charge on any atom is -0.393 e. The van der Waals surface area contributed by atoms with Crippen molar-refractivity contribution in [1.29, 1.82) is 0 Å². The van der Waals surface area contributed by atoms with E-state index in [1.165, 1.54) is 11.8 Å². The zero-order valence-electron chi connectivity index (χ0n) is 8.06. The van der Waals surface area contributed by atoms with Crippen molar-refractivity contribution in [2.75, 3.05) is 12.9 Å². The Morgan fingerprint density at radius 3 is 3.00 bits per heavy atom. The van der Waals surface area contributed by atoms with Crippen molar-refractivity contribution in [2.24, 2.45) is 4.99 Å². The zero-order chi connectivity index (χ0) is 10.2. The highest BCUT2D eigenvalue weighted by Crippen LogP contribution is 2.31. The summed E-state index contributed by atoms with van der Waals surface area (Å²) in [7, 11) is 0. The molecule has 0 aromatic carbocycles. The van der Waals surface area contributed by atoms with Crippen LogP contribution in [0, 0.1) is 0 Å². The first-order valence-electron chi connectivity index (χ1n) is 4.27. The molecule has 1 aliphatic heterocycles.